The molecule has 0 aromatic carbocycles. The molecule has 0 bridgehead atoms. The smallest absolute Gasteiger partial charge is 0.156 e. The Kier molecular flexibility index (Phi) is 4.16. The van der Waals surface area contributed by atoms with E-state index >= 15 is 0 Å². The molecule has 0 aliphatic carbocycles. The Morgan fingerprint density at radius 2 is 2.43 bits per heavy atom. The molecule has 0 spiro atoms. The quantitative estimate of drug-likeness (QED) is 0.258. The van der Waals surface area contributed by atoms with E-state index in [4.69, 9.17) is 16.0 Å². The first-order valence-corrected chi connectivity index (χ1v) is 5.08. The van der Waals surface area contributed by atoms with Crippen molar-refractivity contribution in [2.24, 2.45) is 10.9 Å². The molecule has 1 aliphatic heterocycles. The molecule has 2 atom stereocenters. The number of likely N-dealkylation sites (tertiary alicyclic amines) is 1. The summed E-state index contributed by atoms with van der Waals surface area (Å²) in [6, 6.07) is 0.125. The first-order chi connectivity index (χ1) is 6.74. The van der Waals surface area contributed by atoms with Crippen molar-refractivity contribution in [3.05, 3.63) is 0 Å². The predicted octanol–water partition coefficient (Wildman–Crippen LogP) is -0.0319. The molecule has 1 aliphatic rings. The second-order valence-electron chi connectivity index (χ2n) is 3.67. The summed E-state index contributed by atoms with van der Waals surface area (Å²) in [7, 11) is 0. The third kappa shape index (κ3) is 2.16. The number of hydrogen-bond donors (Lipinski definition) is 3. The van der Waals surface area contributed by atoms with Gasteiger partial charge in [-0.2, -0.15) is 0 Å². The van der Waals surface area contributed by atoms with Gasteiger partial charge in [0.15, 0.2) is 5.84 Å². The SMILES string of the molecule is CCC(C(N)=NO)N1CCCC1CO. The molecule has 1 heterocycles. The van der Waals surface area contributed by atoms with Crippen molar-refractivity contribution >= 4 is 5.84 Å². The lowest BCUT2D eigenvalue weighted by molar-refractivity contribution is 0.139. The molecule has 82 valence electrons. The van der Waals surface area contributed by atoms with Crippen LogP contribution >= 0.6 is 0 Å². The standard InChI is InChI=1S/C9H19N3O2/c1-2-8(9(10)11-14)12-5-3-4-7(12)6-13/h7-8,13-14H,2-6H2,1H3,(H2,10,11). The summed E-state index contributed by atoms with van der Waals surface area (Å²) in [5.41, 5.74) is 5.60. The number of nitrogens with zero attached hydrogens (tertiary/aromatic N) is 2. The fourth-order valence-corrected chi connectivity index (χ4v) is 2.14. The van der Waals surface area contributed by atoms with E-state index in [1.165, 1.54) is 0 Å². The molecule has 2 unspecified atom stereocenters. The van der Waals surface area contributed by atoms with Gasteiger partial charge in [0, 0.05) is 6.04 Å². The van der Waals surface area contributed by atoms with Gasteiger partial charge in [-0.1, -0.05) is 12.1 Å². The van der Waals surface area contributed by atoms with Gasteiger partial charge >= 0.3 is 0 Å². The highest BCUT2D eigenvalue weighted by atomic mass is 16.4. The molecule has 4 N–H and O–H groups in total. The fraction of sp³-hybridized carbons (Fsp3) is 0.889. The largest absolute Gasteiger partial charge is 0.409 e. The molecule has 0 aromatic rings. The van der Waals surface area contributed by atoms with Gasteiger partial charge in [-0.25, -0.2) is 0 Å². The number of nitrogens with two attached hydrogens (primary N) is 1. The third-order valence-electron chi connectivity index (χ3n) is 2.88. The van der Waals surface area contributed by atoms with Gasteiger partial charge in [0.1, 0.15) is 0 Å². The van der Waals surface area contributed by atoms with Crippen LogP contribution in [0.25, 0.3) is 0 Å². The Bertz CT molecular complexity index is 208. The Hall–Kier alpha value is -0.810. The minimum Gasteiger partial charge on any atom is -0.409 e. The van der Waals surface area contributed by atoms with Gasteiger partial charge in [0.2, 0.25) is 0 Å². The van der Waals surface area contributed by atoms with E-state index in [-0.39, 0.29) is 24.5 Å². The summed E-state index contributed by atoms with van der Waals surface area (Å²) in [4.78, 5) is 2.12. The van der Waals surface area contributed by atoms with E-state index < -0.39 is 0 Å². The number of aliphatic hydroxyl groups excluding tert-OH is 1. The van der Waals surface area contributed by atoms with Crippen LogP contribution in [0.4, 0.5) is 0 Å². The highest BCUT2D eigenvalue weighted by molar-refractivity contribution is 5.85. The van der Waals surface area contributed by atoms with Gasteiger partial charge in [0.05, 0.1) is 12.6 Å². The van der Waals surface area contributed by atoms with Crippen LogP contribution in [0.1, 0.15) is 26.2 Å². The normalized spacial score (nSPS) is 26.7. The van der Waals surface area contributed by atoms with Gasteiger partial charge in [-0.05, 0) is 25.8 Å². The molecule has 0 amide bonds. The van der Waals surface area contributed by atoms with E-state index in [0.29, 0.717) is 0 Å². The number of rotatable bonds is 4. The topological polar surface area (TPSA) is 82.1 Å². The molecule has 5 heteroatoms. The number of oxime groups is 1. The lowest BCUT2D eigenvalue weighted by Gasteiger charge is -2.30. The summed E-state index contributed by atoms with van der Waals surface area (Å²) in [6.07, 6.45) is 2.86. The minimum absolute atomic E-state index is 0.0420. The summed E-state index contributed by atoms with van der Waals surface area (Å²) < 4.78 is 0. The van der Waals surface area contributed by atoms with E-state index in [1.54, 1.807) is 0 Å². The Morgan fingerprint density at radius 1 is 1.71 bits per heavy atom. The molecule has 1 rings (SSSR count). The second-order valence-corrected chi connectivity index (χ2v) is 3.67. The number of amidine groups is 1. The van der Waals surface area contributed by atoms with E-state index in [2.05, 4.69) is 10.1 Å². The molecular formula is C9H19N3O2. The first kappa shape index (κ1) is 11.3. The van der Waals surface area contributed by atoms with Crippen molar-refractivity contribution in [1.29, 1.82) is 0 Å². The van der Waals surface area contributed by atoms with Crippen LogP contribution in [-0.2, 0) is 0 Å². The van der Waals surface area contributed by atoms with Crippen LogP contribution in [0, 0.1) is 0 Å². The molecule has 5 nitrogen and oxygen atoms in total. The zero-order chi connectivity index (χ0) is 10.6. The van der Waals surface area contributed by atoms with Crippen molar-refractivity contribution in [1.82, 2.24) is 4.90 Å². The zero-order valence-electron chi connectivity index (χ0n) is 8.56. The van der Waals surface area contributed by atoms with Crippen molar-refractivity contribution in [3.63, 3.8) is 0 Å². The molecule has 14 heavy (non-hydrogen) atoms. The maximum absolute atomic E-state index is 9.15. The van der Waals surface area contributed by atoms with E-state index in [0.717, 1.165) is 25.8 Å². The van der Waals surface area contributed by atoms with Crippen LogP contribution in [-0.4, -0.2) is 46.3 Å². The predicted molar refractivity (Wildman–Crippen MR) is 54.3 cm³/mol. The fourth-order valence-electron chi connectivity index (χ4n) is 2.14. The number of aliphatic hydroxyl groups is 1. The molecular weight excluding hydrogens is 182 g/mol. The van der Waals surface area contributed by atoms with Crippen LogP contribution < -0.4 is 5.73 Å². The second kappa shape index (κ2) is 5.17. The summed E-state index contributed by atoms with van der Waals surface area (Å²) >= 11 is 0. The molecule has 0 saturated carbocycles. The third-order valence-corrected chi connectivity index (χ3v) is 2.88. The van der Waals surface area contributed by atoms with Crippen molar-refractivity contribution in [3.8, 4) is 0 Å². The van der Waals surface area contributed by atoms with Gasteiger partial charge in [0.25, 0.3) is 0 Å². The van der Waals surface area contributed by atoms with E-state index in [9.17, 15) is 0 Å². The highest BCUT2D eigenvalue weighted by Crippen LogP contribution is 2.21. The Morgan fingerprint density at radius 3 is 2.93 bits per heavy atom. The Labute approximate surface area is 84.2 Å². The molecule has 1 saturated heterocycles. The summed E-state index contributed by atoms with van der Waals surface area (Å²) in [5, 5.41) is 20.8. The number of hydrogen-bond acceptors (Lipinski definition) is 4. The maximum Gasteiger partial charge on any atom is 0.156 e. The summed E-state index contributed by atoms with van der Waals surface area (Å²) in [5.74, 6) is 0.243. The van der Waals surface area contributed by atoms with Crippen LogP contribution in [0.5, 0.6) is 0 Å². The van der Waals surface area contributed by atoms with Gasteiger partial charge < -0.3 is 16.0 Å². The zero-order valence-corrected chi connectivity index (χ0v) is 8.56. The Balaban J connectivity index is 2.68. The highest BCUT2D eigenvalue weighted by Gasteiger charge is 2.31. The van der Waals surface area contributed by atoms with Crippen molar-refractivity contribution < 1.29 is 10.3 Å². The maximum atomic E-state index is 9.15. The van der Waals surface area contributed by atoms with Crippen molar-refractivity contribution in [2.45, 2.75) is 38.3 Å². The monoisotopic (exact) mass is 201 g/mol. The summed E-state index contributed by atoms with van der Waals surface area (Å²) in [6.45, 7) is 3.06. The lowest BCUT2D eigenvalue weighted by Crippen LogP contribution is -2.47. The van der Waals surface area contributed by atoms with Crippen LogP contribution in [0.2, 0.25) is 0 Å². The molecule has 0 aromatic heterocycles. The molecule has 1 fully saturated rings. The molecule has 0 radical (unpaired) electrons. The van der Waals surface area contributed by atoms with Crippen LogP contribution in [0.3, 0.4) is 0 Å². The van der Waals surface area contributed by atoms with Gasteiger partial charge in [-0.15, -0.1) is 0 Å². The van der Waals surface area contributed by atoms with Crippen molar-refractivity contribution in [2.75, 3.05) is 13.2 Å². The van der Waals surface area contributed by atoms with E-state index in [1.807, 2.05) is 6.92 Å². The lowest BCUT2D eigenvalue weighted by atomic mass is 10.1. The minimum atomic E-state index is -0.0420. The average molecular weight is 201 g/mol. The average Bonchev–Trinajstić information content (AvgIpc) is 2.66. The van der Waals surface area contributed by atoms with Gasteiger partial charge in [-0.3, -0.25) is 4.90 Å². The first-order valence-electron chi connectivity index (χ1n) is 5.08. The van der Waals surface area contributed by atoms with Crippen LogP contribution in [0.15, 0.2) is 5.16 Å².